The summed E-state index contributed by atoms with van der Waals surface area (Å²) in [4.78, 5) is 24.0. The van der Waals surface area contributed by atoms with E-state index in [1.807, 2.05) is 6.92 Å². The predicted octanol–water partition coefficient (Wildman–Crippen LogP) is 1.21. The molecule has 2 amide bonds. The number of likely N-dealkylation sites (N-methyl/N-ethyl adjacent to an activating group) is 1. The maximum Gasteiger partial charge on any atom is 0.262 e. The Balaban J connectivity index is 1.50. The number of sulfonamides is 1. The summed E-state index contributed by atoms with van der Waals surface area (Å²) in [6.07, 6.45) is 2.77. The van der Waals surface area contributed by atoms with Gasteiger partial charge in [-0.05, 0) is 42.8 Å². The minimum atomic E-state index is -3.82. The highest BCUT2D eigenvalue weighted by Crippen LogP contribution is 2.32. The van der Waals surface area contributed by atoms with Crippen LogP contribution in [0.5, 0.6) is 11.5 Å². The number of hydrogen-bond acceptors (Lipinski definition) is 6. The van der Waals surface area contributed by atoms with Crippen molar-refractivity contribution in [2.75, 3.05) is 20.4 Å². The maximum atomic E-state index is 12.5. The number of hydrogen-bond donors (Lipinski definition) is 2. The summed E-state index contributed by atoms with van der Waals surface area (Å²) in [5.41, 5.74) is 6.02. The molecule has 9 nitrogen and oxygen atoms in total. The number of fused-ring (bicyclic) bond motifs is 1. The first-order chi connectivity index (χ1) is 14.3. The van der Waals surface area contributed by atoms with E-state index in [2.05, 4.69) is 10.9 Å². The van der Waals surface area contributed by atoms with Crippen molar-refractivity contribution >= 4 is 27.9 Å². The van der Waals surface area contributed by atoms with Crippen LogP contribution in [-0.2, 0) is 19.6 Å². The molecule has 2 aromatic rings. The van der Waals surface area contributed by atoms with Crippen LogP contribution in [0.3, 0.4) is 0 Å². The molecule has 0 bridgehead atoms. The van der Waals surface area contributed by atoms with Crippen LogP contribution in [-0.4, -0.2) is 44.9 Å². The highest BCUT2D eigenvalue weighted by atomic mass is 32.2. The molecule has 0 unspecified atom stereocenters. The van der Waals surface area contributed by atoms with Crippen molar-refractivity contribution in [1.29, 1.82) is 0 Å². The zero-order valence-electron chi connectivity index (χ0n) is 16.4. The number of nitrogens with zero attached hydrogens (tertiary/aromatic N) is 1. The van der Waals surface area contributed by atoms with Crippen LogP contribution in [0.25, 0.3) is 6.08 Å². The lowest BCUT2D eigenvalue weighted by atomic mass is 10.2. The summed E-state index contributed by atoms with van der Waals surface area (Å²) in [6, 6.07) is 11.5. The predicted molar refractivity (Wildman–Crippen MR) is 109 cm³/mol. The van der Waals surface area contributed by atoms with Gasteiger partial charge in [-0.1, -0.05) is 23.8 Å². The van der Waals surface area contributed by atoms with E-state index in [1.54, 1.807) is 30.3 Å². The minimum Gasteiger partial charge on any atom is -0.454 e. The normalized spacial score (nSPS) is 12.9. The van der Waals surface area contributed by atoms with Gasteiger partial charge >= 0.3 is 0 Å². The van der Waals surface area contributed by atoms with Crippen LogP contribution in [0.2, 0.25) is 0 Å². The SMILES string of the molecule is Cc1ccc(S(=O)(=O)N(C)CC(=O)NNC(=O)C=Cc2ccc3c(c2)OCO3)cc1. The molecule has 1 aliphatic heterocycles. The molecule has 0 fully saturated rings. The molecule has 0 atom stereocenters. The molecule has 0 aliphatic carbocycles. The molecule has 0 spiro atoms. The average Bonchev–Trinajstić information content (AvgIpc) is 3.19. The summed E-state index contributed by atoms with van der Waals surface area (Å²) in [5, 5.41) is 0. The molecule has 0 radical (unpaired) electrons. The molecule has 0 saturated carbocycles. The maximum absolute atomic E-state index is 12.5. The van der Waals surface area contributed by atoms with Crippen molar-refractivity contribution in [1.82, 2.24) is 15.2 Å². The van der Waals surface area contributed by atoms with E-state index in [0.717, 1.165) is 9.87 Å². The van der Waals surface area contributed by atoms with Crippen LogP contribution in [0.15, 0.2) is 53.4 Å². The lowest BCUT2D eigenvalue weighted by molar-refractivity contribution is -0.126. The van der Waals surface area contributed by atoms with Gasteiger partial charge in [0.05, 0.1) is 11.4 Å². The average molecular weight is 431 g/mol. The van der Waals surface area contributed by atoms with Crippen LogP contribution < -0.4 is 20.3 Å². The van der Waals surface area contributed by atoms with Crippen molar-refractivity contribution in [3.63, 3.8) is 0 Å². The van der Waals surface area contributed by atoms with E-state index in [4.69, 9.17) is 9.47 Å². The zero-order chi connectivity index (χ0) is 21.7. The molecule has 158 valence electrons. The molecule has 0 aromatic heterocycles. The van der Waals surface area contributed by atoms with Crippen molar-refractivity contribution in [2.45, 2.75) is 11.8 Å². The van der Waals surface area contributed by atoms with Gasteiger partial charge in [0.15, 0.2) is 11.5 Å². The Morgan fingerprint density at radius 3 is 2.50 bits per heavy atom. The summed E-state index contributed by atoms with van der Waals surface area (Å²) >= 11 is 0. The van der Waals surface area contributed by atoms with Gasteiger partial charge in [-0.3, -0.25) is 20.4 Å². The fourth-order valence-electron chi connectivity index (χ4n) is 2.58. The summed E-state index contributed by atoms with van der Waals surface area (Å²) in [5.74, 6) is -0.0414. The standard InChI is InChI=1S/C20H21N3O6S/c1-14-3-7-16(8-4-14)30(26,27)23(2)12-20(25)22-21-19(24)10-6-15-5-9-17-18(11-15)29-13-28-17/h3-11H,12-13H2,1-2H3,(H,21,24)(H,22,25). The molecule has 3 rings (SSSR count). The molecule has 0 saturated heterocycles. The third-order valence-electron chi connectivity index (χ3n) is 4.24. The van der Waals surface area contributed by atoms with Gasteiger partial charge in [0.1, 0.15) is 0 Å². The van der Waals surface area contributed by atoms with Crippen LogP contribution in [0, 0.1) is 6.92 Å². The Bertz CT molecular complexity index is 1080. The molecular weight excluding hydrogens is 410 g/mol. The molecule has 30 heavy (non-hydrogen) atoms. The summed E-state index contributed by atoms with van der Waals surface area (Å²) in [6.45, 7) is 1.54. The third-order valence-corrected chi connectivity index (χ3v) is 6.06. The molecule has 1 heterocycles. The minimum absolute atomic E-state index is 0.0825. The lowest BCUT2D eigenvalue weighted by Gasteiger charge is -2.17. The van der Waals surface area contributed by atoms with Crippen molar-refractivity contribution in [3.8, 4) is 11.5 Å². The Kier molecular flexibility index (Phi) is 6.38. The fourth-order valence-corrected chi connectivity index (χ4v) is 3.71. The van der Waals surface area contributed by atoms with Crippen molar-refractivity contribution in [2.24, 2.45) is 0 Å². The number of nitrogens with one attached hydrogen (secondary N) is 2. The molecule has 2 N–H and O–H groups in total. The van der Waals surface area contributed by atoms with Crippen LogP contribution in [0.1, 0.15) is 11.1 Å². The number of aryl methyl sites for hydroxylation is 1. The zero-order valence-corrected chi connectivity index (χ0v) is 17.2. The summed E-state index contributed by atoms with van der Waals surface area (Å²) < 4.78 is 36.3. The van der Waals surface area contributed by atoms with Gasteiger partial charge in [-0.15, -0.1) is 0 Å². The van der Waals surface area contributed by atoms with Gasteiger partial charge in [-0.25, -0.2) is 8.42 Å². The smallest absolute Gasteiger partial charge is 0.262 e. The van der Waals surface area contributed by atoms with Gasteiger partial charge < -0.3 is 9.47 Å². The summed E-state index contributed by atoms with van der Waals surface area (Å²) in [7, 11) is -2.53. The van der Waals surface area contributed by atoms with E-state index in [1.165, 1.54) is 31.3 Å². The first kappa shape index (κ1) is 21.3. The number of carbonyl (C=O) groups is 2. The number of ether oxygens (including phenoxy) is 2. The van der Waals surface area contributed by atoms with Crippen LogP contribution in [0.4, 0.5) is 0 Å². The van der Waals surface area contributed by atoms with E-state index in [0.29, 0.717) is 17.1 Å². The number of benzene rings is 2. The van der Waals surface area contributed by atoms with Gasteiger partial charge in [0, 0.05) is 13.1 Å². The van der Waals surface area contributed by atoms with Gasteiger partial charge in [0.25, 0.3) is 11.8 Å². The monoisotopic (exact) mass is 431 g/mol. The molecule has 1 aliphatic rings. The lowest BCUT2D eigenvalue weighted by Crippen LogP contribution is -2.46. The number of amides is 2. The quantitative estimate of drug-likeness (QED) is 0.525. The molecular formula is C20H21N3O6S. The number of hydrazine groups is 1. The second kappa shape index (κ2) is 8.97. The van der Waals surface area contributed by atoms with E-state index in [-0.39, 0.29) is 11.7 Å². The molecule has 2 aromatic carbocycles. The Labute approximate surface area is 174 Å². The topological polar surface area (TPSA) is 114 Å². The third kappa shape index (κ3) is 5.16. The fraction of sp³-hybridized carbons (Fsp3) is 0.200. The first-order valence-corrected chi connectivity index (χ1v) is 10.4. The Morgan fingerprint density at radius 2 is 1.77 bits per heavy atom. The number of carbonyl (C=O) groups excluding carboxylic acids is 2. The van der Waals surface area contributed by atoms with Crippen molar-refractivity contribution in [3.05, 3.63) is 59.7 Å². The van der Waals surface area contributed by atoms with Gasteiger partial charge in [-0.2, -0.15) is 4.31 Å². The van der Waals surface area contributed by atoms with Crippen molar-refractivity contribution < 1.29 is 27.5 Å². The van der Waals surface area contributed by atoms with E-state index in [9.17, 15) is 18.0 Å². The Hall–Kier alpha value is -3.37. The highest BCUT2D eigenvalue weighted by molar-refractivity contribution is 7.89. The first-order valence-electron chi connectivity index (χ1n) is 8.95. The van der Waals surface area contributed by atoms with Crippen LogP contribution >= 0.6 is 0 Å². The highest BCUT2D eigenvalue weighted by Gasteiger charge is 2.22. The second-order valence-corrected chi connectivity index (χ2v) is 8.60. The largest absolute Gasteiger partial charge is 0.454 e. The molecule has 10 heteroatoms. The second-order valence-electron chi connectivity index (χ2n) is 6.56. The van der Waals surface area contributed by atoms with E-state index < -0.39 is 28.4 Å². The number of rotatable bonds is 6. The van der Waals surface area contributed by atoms with E-state index >= 15 is 0 Å². The van der Waals surface area contributed by atoms with Gasteiger partial charge in [0.2, 0.25) is 16.8 Å². The Morgan fingerprint density at radius 1 is 1.07 bits per heavy atom.